The monoisotopic (exact) mass is 375 g/mol. The zero-order valence-electron chi connectivity index (χ0n) is 15.6. The maximum Gasteiger partial charge on any atom is 0.263 e. The Morgan fingerprint density at radius 1 is 1.11 bits per heavy atom. The molecular weight excluding hydrogens is 354 g/mol. The van der Waals surface area contributed by atoms with Crippen molar-refractivity contribution in [3.8, 4) is 11.4 Å². The summed E-state index contributed by atoms with van der Waals surface area (Å²) in [5, 5.41) is 7.94. The van der Waals surface area contributed by atoms with Crippen LogP contribution in [0.1, 0.15) is 18.9 Å². The second kappa shape index (κ2) is 7.96. The second-order valence-corrected chi connectivity index (χ2v) is 6.39. The average molecular weight is 375 g/mol. The van der Waals surface area contributed by atoms with E-state index in [9.17, 15) is 4.79 Å². The van der Waals surface area contributed by atoms with Gasteiger partial charge in [0.1, 0.15) is 11.1 Å². The van der Waals surface area contributed by atoms with Gasteiger partial charge in [0.05, 0.1) is 18.5 Å². The summed E-state index contributed by atoms with van der Waals surface area (Å²) in [5.74, 6) is 1.26. The lowest BCUT2D eigenvalue weighted by Crippen LogP contribution is -2.13. The molecule has 142 valence electrons. The molecule has 7 nitrogen and oxygen atoms in total. The minimum absolute atomic E-state index is 0.224. The van der Waals surface area contributed by atoms with E-state index >= 15 is 0 Å². The normalized spacial score (nSPS) is 10.9. The first-order chi connectivity index (χ1) is 13.7. The number of aromatic nitrogens is 4. The first-order valence-electron chi connectivity index (χ1n) is 9.23. The van der Waals surface area contributed by atoms with E-state index in [2.05, 4.69) is 27.3 Å². The van der Waals surface area contributed by atoms with Gasteiger partial charge in [-0.2, -0.15) is 10.1 Å². The van der Waals surface area contributed by atoms with E-state index in [0.717, 1.165) is 23.4 Å². The molecule has 2 aromatic heterocycles. The largest absolute Gasteiger partial charge is 0.494 e. The smallest absolute Gasteiger partial charge is 0.263 e. The first-order valence-corrected chi connectivity index (χ1v) is 9.23. The van der Waals surface area contributed by atoms with Crippen LogP contribution in [-0.4, -0.2) is 26.4 Å². The SMILES string of the molecule is CCCOc1ccc(CNc2nc3c(cnn3-c3ccccc3)c(=O)[nH]2)cc1. The number of para-hydroxylation sites is 1. The summed E-state index contributed by atoms with van der Waals surface area (Å²) in [6.07, 6.45) is 2.51. The van der Waals surface area contributed by atoms with E-state index < -0.39 is 0 Å². The molecule has 0 bridgehead atoms. The number of ether oxygens (including phenoxy) is 1. The van der Waals surface area contributed by atoms with Gasteiger partial charge < -0.3 is 10.1 Å². The fourth-order valence-electron chi connectivity index (χ4n) is 2.87. The lowest BCUT2D eigenvalue weighted by molar-refractivity contribution is 0.317. The van der Waals surface area contributed by atoms with Crippen LogP contribution >= 0.6 is 0 Å². The summed E-state index contributed by atoms with van der Waals surface area (Å²) >= 11 is 0. The van der Waals surface area contributed by atoms with Gasteiger partial charge >= 0.3 is 0 Å². The number of hydrogen-bond donors (Lipinski definition) is 2. The van der Waals surface area contributed by atoms with Crippen molar-refractivity contribution in [2.45, 2.75) is 19.9 Å². The van der Waals surface area contributed by atoms with Crippen molar-refractivity contribution in [3.63, 3.8) is 0 Å². The maximum absolute atomic E-state index is 12.4. The van der Waals surface area contributed by atoms with Crippen molar-refractivity contribution in [2.75, 3.05) is 11.9 Å². The fourth-order valence-corrected chi connectivity index (χ4v) is 2.87. The molecule has 2 aromatic carbocycles. The van der Waals surface area contributed by atoms with Crippen molar-refractivity contribution in [1.82, 2.24) is 19.7 Å². The number of rotatable bonds is 7. The molecule has 7 heteroatoms. The van der Waals surface area contributed by atoms with E-state index in [1.165, 1.54) is 6.20 Å². The van der Waals surface area contributed by atoms with Crippen LogP contribution in [-0.2, 0) is 6.54 Å². The first kappa shape index (κ1) is 17.8. The number of nitrogens with zero attached hydrogens (tertiary/aromatic N) is 3. The highest BCUT2D eigenvalue weighted by molar-refractivity contribution is 5.76. The molecule has 0 fully saturated rings. The minimum Gasteiger partial charge on any atom is -0.494 e. The van der Waals surface area contributed by atoms with Crippen molar-refractivity contribution in [1.29, 1.82) is 0 Å². The van der Waals surface area contributed by atoms with Crippen LogP contribution in [0.5, 0.6) is 5.75 Å². The quantitative estimate of drug-likeness (QED) is 0.516. The predicted octanol–water partition coefficient (Wildman–Crippen LogP) is 3.51. The second-order valence-electron chi connectivity index (χ2n) is 6.39. The molecule has 2 N–H and O–H groups in total. The Balaban J connectivity index is 1.55. The van der Waals surface area contributed by atoms with Crippen LogP contribution in [0.15, 0.2) is 65.6 Å². The summed E-state index contributed by atoms with van der Waals surface area (Å²) in [4.78, 5) is 19.7. The van der Waals surface area contributed by atoms with Crippen LogP contribution in [0.4, 0.5) is 5.95 Å². The van der Waals surface area contributed by atoms with Gasteiger partial charge in [0.25, 0.3) is 5.56 Å². The number of benzene rings is 2. The number of anilines is 1. The van der Waals surface area contributed by atoms with Gasteiger partial charge in [0.2, 0.25) is 5.95 Å². The Hall–Kier alpha value is -3.61. The molecule has 0 aliphatic rings. The summed E-state index contributed by atoms with van der Waals surface area (Å²) in [6, 6.07) is 17.5. The highest BCUT2D eigenvalue weighted by Gasteiger charge is 2.11. The van der Waals surface area contributed by atoms with E-state index in [4.69, 9.17) is 4.74 Å². The minimum atomic E-state index is -0.224. The van der Waals surface area contributed by atoms with Gasteiger partial charge in [-0.15, -0.1) is 0 Å². The Kier molecular flexibility index (Phi) is 5.05. The van der Waals surface area contributed by atoms with E-state index in [-0.39, 0.29) is 5.56 Å². The molecule has 28 heavy (non-hydrogen) atoms. The molecule has 0 saturated heterocycles. The van der Waals surface area contributed by atoms with Crippen LogP contribution in [0.25, 0.3) is 16.7 Å². The molecule has 0 aliphatic carbocycles. The number of H-pyrrole nitrogens is 1. The lowest BCUT2D eigenvalue weighted by atomic mass is 10.2. The summed E-state index contributed by atoms with van der Waals surface area (Å²) in [7, 11) is 0. The van der Waals surface area contributed by atoms with Gasteiger partial charge in [0.15, 0.2) is 5.65 Å². The molecule has 0 unspecified atom stereocenters. The molecular formula is C21H21N5O2. The Morgan fingerprint density at radius 2 is 1.89 bits per heavy atom. The number of nitrogens with one attached hydrogen (secondary N) is 2. The summed E-state index contributed by atoms with van der Waals surface area (Å²) < 4.78 is 7.26. The van der Waals surface area contributed by atoms with Crippen molar-refractivity contribution in [3.05, 3.63) is 76.7 Å². The highest BCUT2D eigenvalue weighted by Crippen LogP contribution is 2.16. The number of aromatic amines is 1. The highest BCUT2D eigenvalue weighted by atomic mass is 16.5. The van der Waals surface area contributed by atoms with Gasteiger partial charge in [-0.3, -0.25) is 9.78 Å². The molecule has 4 rings (SSSR count). The molecule has 0 spiro atoms. The van der Waals surface area contributed by atoms with E-state index in [1.807, 2.05) is 54.6 Å². The van der Waals surface area contributed by atoms with Crippen LogP contribution in [0, 0.1) is 0 Å². The maximum atomic E-state index is 12.4. The summed E-state index contributed by atoms with van der Waals surface area (Å²) in [6.45, 7) is 3.31. The van der Waals surface area contributed by atoms with Crippen LogP contribution in [0.3, 0.4) is 0 Å². The number of fused-ring (bicyclic) bond motifs is 1. The molecule has 0 atom stereocenters. The number of hydrogen-bond acceptors (Lipinski definition) is 5. The third kappa shape index (κ3) is 3.73. The standard InChI is InChI=1S/C21H21N5O2/c1-2-12-28-17-10-8-15(9-11-17)13-22-21-24-19-18(20(27)25-21)14-23-26(19)16-6-4-3-5-7-16/h3-11,14H,2,12-13H2,1H3,(H2,22,24,25,27). The predicted molar refractivity (Wildman–Crippen MR) is 109 cm³/mol. The van der Waals surface area contributed by atoms with Gasteiger partial charge in [-0.05, 0) is 36.2 Å². The Morgan fingerprint density at radius 3 is 2.64 bits per heavy atom. The lowest BCUT2D eigenvalue weighted by Gasteiger charge is -2.08. The molecule has 2 heterocycles. The molecule has 0 aliphatic heterocycles. The summed E-state index contributed by atoms with van der Waals surface area (Å²) in [5.41, 5.74) is 2.20. The third-order valence-corrected chi connectivity index (χ3v) is 4.30. The Labute approximate surface area is 162 Å². The van der Waals surface area contributed by atoms with E-state index in [0.29, 0.717) is 30.1 Å². The Bertz CT molecular complexity index is 1120. The van der Waals surface area contributed by atoms with Gasteiger partial charge in [0, 0.05) is 6.54 Å². The fraction of sp³-hybridized carbons (Fsp3) is 0.190. The van der Waals surface area contributed by atoms with Crippen LogP contribution in [0.2, 0.25) is 0 Å². The van der Waals surface area contributed by atoms with Gasteiger partial charge in [-0.25, -0.2) is 4.68 Å². The molecule has 0 saturated carbocycles. The van der Waals surface area contributed by atoms with Crippen molar-refractivity contribution >= 4 is 17.0 Å². The average Bonchev–Trinajstić information content (AvgIpc) is 3.17. The topological polar surface area (TPSA) is 84.8 Å². The molecule has 0 radical (unpaired) electrons. The molecule has 0 amide bonds. The zero-order chi connectivity index (χ0) is 19.3. The van der Waals surface area contributed by atoms with Crippen molar-refractivity contribution < 1.29 is 4.74 Å². The van der Waals surface area contributed by atoms with Crippen LogP contribution < -0.4 is 15.6 Å². The molecule has 4 aromatic rings. The zero-order valence-corrected chi connectivity index (χ0v) is 15.6. The van der Waals surface area contributed by atoms with E-state index in [1.54, 1.807) is 4.68 Å². The van der Waals surface area contributed by atoms with Gasteiger partial charge in [-0.1, -0.05) is 37.3 Å². The third-order valence-electron chi connectivity index (χ3n) is 4.30. The van der Waals surface area contributed by atoms with Crippen molar-refractivity contribution in [2.24, 2.45) is 0 Å².